The minimum absolute atomic E-state index is 0.0566. The quantitative estimate of drug-likeness (QED) is 0.694. The van der Waals surface area contributed by atoms with E-state index in [4.69, 9.17) is 0 Å². The highest BCUT2D eigenvalue weighted by atomic mass is 32.2. The minimum Gasteiger partial charge on any atom is -0.326 e. The molecule has 27 heavy (non-hydrogen) atoms. The maximum absolute atomic E-state index is 12.2. The Bertz CT molecular complexity index is 851. The monoisotopic (exact) mass is 387 g/mol. The first kappa shape index (κ1) is 21.2. The van der Waals surface area contributed by atoms with Crippen molar-refractivity contribution >= 4 is 21.4 Å². The minimum atomic E-state index is -3.12. The van der Waals surface area contributed by atoms with Crippen molar-refractivity contribution in [3.05, 3.63) is 64.7 Å². The smallest absolute Gasteiger partial charge is 0.224 e. The van der Waals surface area contributed by atoms with E-state index in [2.05, 4.69) is 5.32 Å². The fourth-order valence-corrected chi connectivity index (χ4v) is 4.65. The molecule has 0 heterocycles. The third kappa shape index (κ3) is 7.18. The predicted molar refractivity (Wildman–Crippen MR) is 112 cm³/mol. The van der Waals surface area contributed by atoms with Crippen LogP contribution in [0.4, 0.5) is 5.69 Å². The van der Waals surface area contributed by atoms with Crippen LogP contribution in [0.25, 0.3) is 0 Å². The van der Waals surface area contributed by atoms with Crippen molar-refractivity contribution in [3.63, 3.8) is 0 Å². The summed E-state index contributed by atoms with van der Waals surface area (Å²) in [6, 6.07) is 13.9. The molecule has 0 aliphatic rings. The summed E-state index contributed by atoms with van der Waals surface area (Å²) < 4.78 is 24.3. The molecule has 0 unspecified atom stereocenters. The first-order valence-corrected chi connectivity index (χ1v) is 11.2. The van der Waals surface area contributed by atoms with E-state index < -0.39 is 9.84 Å². The van der Waals surface area contributed by atoms with E-state index in [0.717, 1.165) is 34.4 Å². The van der Waals surface area contributed by atoms with E-state index in [1.807, 2.05) is 63.2 Å². The molecule has 0 aromatic heterocycles. The average molecular weight is 388 g/mol. The molecule has 0 atom stereocenters. The number of nitrogens with one attached hydrogen (secondary N) is 1. The number of anilines is 1. The Kier molecular flexibility index (Phi) is 7.60. The zero-order valence-corrected chi connectivity index (χ0v) is 17.2. The maximum atomic E-state index is 12.2. The molecule has 4 nitrogen and oxygen atoms in total. The zero-order chi connectivity index (χ0) is 19.9. The van der Waals surface area contributed by atoms with Gasteiger partial charge in [-0.25, -0.2) is 8.42 Å². The largest absolute Gasteiger partial charge is 0.326 e. The van der Waals surface area contributed by atoms with Gasteiger partial charge in [0.25, 0.3) is 0 Å². The van der Waals surface area contributed by atoms with E-state index >= 15 is 0 Å². The van der Waals surface area contributed by atoms with E-state index in [-0.39, 0.29) is 23.8 Å². The molecule has 1 N–H and O–H groups in total. The second kappa shape index (κ2) is 9.70. The topological polar surface area (TPSA) is 63.2 Å². The van der Waals surface area contributed by atoms with Gasteiger partial charge in [0.05, 0.1) is 11.5 Å². The third-order valence-electron chi connectivity index (χ3n) is 4.56. The van der Waals surface area contributed by atoms with Crippen LogP contribution in [0.3, 0.4) is 0 Å². The van der Waals surface area contributed by atoms with Gasteiger partial charge in [0.2, 0.25) is 5.91 Å². The van der Waals surface area contributed by atoms with Gasteiger partial charge in [-0.3, -0.25) is 4.79 Å². The van der Waals surface area contributed by atoms with Gasteiger partial charge in [-0.2, -0.15) is 0 Å². The van der Waals surface area contributed by atoms with Crippen molar-refractivity contribution in [2.24, 2.45) is 0 Å². The fraction of sp³-hybridized carbons (Fsp3) is 0.409. The SMILES string of the molecule is Cc1cc(C)c(NC(=O)CCCS(=O)(=O)CCCc2ccccc2)c(C)c1. The van der Waals surface area contributed by atoms with E-state index in [9.17, 15) is 13.2 Å². The first-order valence-electron chi connectivity index (χ1n) is 9.39. The second-order valence-corrected chi connectivity index (χ2v) is 9.47. The molecule has 0 saturated heterocycles. The van der Waals surface area contributed by atoms with E-state index in [1.165, 1.54) is 0 Å². The van der Waals surface area contributed by atoms with Gasteiger partial charge in [-0.1, -0.05) is 48.0 Å². The summed E-state index contributed by atoms with van der Waals surface area (Å²) in [5, 5.41) is 2.92. The Morgan fingerprint density at radius 3 is 2.15 bits per heavy atom. The molecule has 2 rings (SSSR count). The molecule has 0 bridgehead atoms. The molecule has 0 aliphatic heterocycles. The zero-order valence-electron chi connectivity index (χ0n) is 16.4. The Hall–Kier alpha value is -2.14. The molecule has 5 heteroatoms. The summed E-state index contributed by atoms with van der Waals surface area (Å²) in [6.07, 6.45) is 1.93. The Morgan fingerprint density at radius 2 is 1.52 bits per heavy atom. The molecule has 0 fully saturated rings. The van der Waals surface area contributed by atoms with Crippen molar-refractivity contribution in [1.82, 2.24) is 0 Å². The third-order valence-corrected chi connectivity index (χ3v) is 6.39. The molecule has 146 valence electrons. The van der Waals surface area contributed by atoms with Crippen molar-refractivity contribution in [1.29, 1.82) is 0 Å². The van der Waals surface area contributed by atoms with Gasteiger partial charge < -0.3 is 5.32 Å². The fourth-order valence-electron chi connectivity index (χ4n) is 3.27. The second-order valence-electron chi connectivity index (χ2n) is 7.17. The predicted octanol–water partition coefficient (Wildman–Crippen LogP) is 4.38. The number of rotatable bonds is 9. The summed E-state index contributed by atoms with van der Waals surface area (Å²) in [5.41, 5.74) is 5.18. The van der Waals surface area contributed by atoms with Crippen LogP contribution in [0, 0.1) is 20.8 Å². The summed E-state index contributed by atoms with van der Waals surface area (Å²) in [4.78, 5) is 12.2. The number of hydrogen-bond acceptors (Lipinski definition) is 3. The van der Waals surface area contributed by atoms with Gasteiger partial charge in [0.1, 0.15) is 9.84 Å². The van der Waals surface area contributed by atoms with Crippen LogP contribution in [-0.4, -0.2) is 25.8 Å². The lowest BCUT2D eigenvalue weighted by Crippen LogP contribution is -2.17. The molecular formula is C22H29NO3S. The van der Waals surface area contributed by atoms with Crippen molar-refractivity contribution in [3.8, 4) is 0 Å². The number of hydrogen-bond donors (Lipinski definition) is 1. The van der Waals surface area contributed by atoms with Crippen LogP contribution in [0.5, 0.6) is 0 Å². The van der Waals surface area contributed by atoms with Gasteiger partial charge in [0, 0.05) is 12.1 Å². The molecule has 0 radical (unpaired) electrons. The van der Waals surface area contributed by atoms with Crippen LogP contribution in [0.15, 0.2) is 42.5 Å². The molecule has 2 aromatic rings. The van der Waals surface area contributed by atoms with Crippen LogP contribution in [0.1, 0.15) is 41.5 Å². The molecule has 0 aliphatic carbocycles. The lowest BCUT2D eigenvalue weighted by molar-refractivity contribution is -0.116. The Morgan fingerprint density at radius 1 is 0.926 bits per heavy atom. The van der Waals surface area contributed by atoms with E-state index in [0.29, 0.717) is 12.8 Å². The number of carbonyl (C=O) groups is 1. The van der Waals surface area contributed by atoms with E-state index in [1.54, 1.807) is 0 Å². The number of aryl methyl sites for hydroxylation is 4. The summed E-state index contributed by atoms with van der Waals surface area (Å²) in [7, 11) is -3.12. The van der Waals surface area contributed by atoms with Crippen LogP contribution in [-0.2, 0) is 21.1 Å². The Balaban J connectivity index is 1.75. The normalized spacial score (nSPS) is 11.4. The number of benzene rings is 2. The average Bonchev–Trinajstić information content (AvgIpc) is 2.58. The highest BCUT2D eigenvalue weighted by Gasteiger charge is 2.13. The van der Waals surface area contributed by atoms with Gasteiger partial charge in [-0.05, 0) is 56.7 Å². The molecule has 2 aromatic carbocycles. The molecular weight excluding hydrogens is 358 g/mol. The lowest BCUT2D eigenvalue weighted by Gasteiger charge is -2.13. The van der Waals surface area contributed by atoms with Crippen LogP contribution < -0.4 is 5.32 Å². The molecule has 0 saturated carbocycles. The van der Waals surface area contributed by atoms with Gasteiger partial charge >= 0.3 is 0 Å². The maximum Gasteiger partial charge on any atom is 0.224 e. The lowest BCUT2D eigenvalue weighted by atomic mass is 10.0. The van der Waals surface area contributed by atoms with Gasteiger partial charge in [-0.15, -0.1) is 0 Å². The standard InChI is InChI=1S/C22H29NO3S/c1-17-15-18(2)22(19(3)16-17)23-21(24)12-8-14-27(25,26)13-7-11-20-9-5-4-6-10-20/h4-6,9-10,15-16H,7-8,11-14H2,1-3H3,(H,23,24). The van der Waals surface area contributed by atoms with Crippen molar-refractivity contribution in [2.75, 3.05) is 16.8 Å². The number of sulfone groups is 1. The molecule has 1 amide bonds. The highest BCUT2D eigenvalue weighted by Crippen LogP contribution is 2.22. The first-order chi connectivity index (χ1) is 12.8. The van der Waals surface area contributed by atoms with Crippen LogP contribution in [0.2, 0.25) is 0 Å². The summed E-state index contributed by atoms with van der Waals surface area (Å²) in [5.74, 6) is 0.0883. The van der Waals surface area contributed by atoms with Crippen molar-refractivity contribution in [2.45, 2.75) is 46.5 Å². The number of amides is 1. The summed E-state index contributed by atoms with van der Waals surface area (Å²) >= 11 is 0. The number of carbonyl (C=O) groups excluding carboxylic acids is 1. The Labute approximate surface area is 162 Å². The summed E-state index contributed by atoms with van der Waals surface area (Å²) in [6.45, 7) is 5.95. The molecule has 0 spiro atoms. The van der Waals surface area contributed by atoms with Crippen LogP contribution >= 0.6 is 0 Å². The van der Waals surface area contributed by atoms with Crippen molar-refractivity contribution < 1.29 is 13.2 Å². The van der Waals surface area contributed by atoms with Gasteiger partial charge in [0.15, 0.2) is 0 Å². The highest BCUT2D eigenvalue weighted by molar-refractivity contribution is 7.91.